The van der Waals surface area contributed by atoms with Crippen molar-refractivity contribution in [1.82, 2.24) is 0 Å². The third-order valence-corrected chi connectivity index (χ3v) is 4.59. The van der Waals surface area contributed by atoms with E-state index in [4.69, 9.17) is 46.4 Å². The van der Waals surface area contributed by atoms with Crippen LogP contribution in [0, 0.1) is 0 Å². The third-order valence-electron chi connectivity index (χ3n) is 3.46. The van der Waals surface area contributed by atoms with Gasteiger partial charge in [0.05, 0.1) is 4.87 Å². The molecule has 0 radical (unpaired) electrons. The quantitative estimate of drug-likeness (QED) is 0.549. The molecule has 24 heavy (non-hydrogen) atoms. The molecule has 1 atom stereocenters. The summed E-state index contributed by atoms with van der Waals surface area (Å²) in [5.74, 6) is -0.235. The Kier molecular flexibility index (Phi) is 6.22. The normalized spacial score (nSPS) is 13.2. The molecular weight excluding hydrogens is 388 g/mol. The molecule has 2 aromatic rings. The molecule has 6 heteroatoms. The Balaban J connectivity index is 2.14. The maximum absolute atomic E-state index is 12.3. The molecule has 2 rings (SSSR count). The molecule has 0 heterocycles. The molecule has 1 N–H and O–H groups in total. The van der Waals surface area contributed by atoms with Gasteiger partial charge in [-0.05, 0) is 54.4 Å². The number of rotatable bonds is 5. The van der Waals surface area contributed by atoms with E-state index in [9.17, 15) is 4.79 Å². The Bertz CT molecular complexity index is 766. The fourth-order valence-electron chi connectivity index (χ4n) is 2.24. The summed E-state index contributed by atoms with van der Waals surface area (Å²) in [5, 5.41) is 4.31. The minimum atomic E-state index is -0.938. The molecule has 2 nitrogen and oxygen atoms in total. The van der Waals surface area contributed by atoms with Crippen LogP contribution in [0.1, 0.15) is 24.5 Å². The van der Waals surface area contributed by atoms with Crippen LogP contribution in [0.3, 0.4) is 0 Å². The molecule has 0 aliphatic heterocycles. The smallest absolute Gasteiger partial charge is 0.226 e. The van der Waals surface area contributed by atoms with Crippen molar-refractivity contribution in [1.29, 1.82) is 0 Å². The predicted octanol–water partition coefficient (Wildman–Crippen LogP) is 6.77. The maximum atomic E-state index is 12.3. The average Bonchev–Trinajstić information content (AvgIpc) is 2.47. The van der Waals surface area contributed by atoms with Crippen LogP contribution in [-0.4, -0.2) is 5.91 Å². The number of hydrogen-bond donors (Lipinski definition) is 1. The molecule has 126 valence electrons. The highest BCUT2D eigenvalue weighted by atomic mass is 35.5. The van der Waals surface area contributed by atoms with Crippen molar-refractivity contribution in [3.05, 3.63) is 69.2 Å². The molecule has 0 bridgehead atoms. The second kappa shape index (κ2) is 7.79. The van der Waals surface area contributed by atoms with Crippen molar-refractivity contribution in [2.75, 3.05) is 5.32 Å². The summed E-state index contributed by atoms with van der Waals surface area (Å²) in [5.41, 5.74) is 2.04. The number of carbonyl (C=O) groups is 1. The van der Waals surface area contributed by atoms with E-state index in [1.807, 2.05) is 0 Å². The highest BCUT2D eigenvalue weighted by Gasteiger charge is 2.28. The van der Waals surface area contributed by atoms with E-state index >= 15 is 0 Å². The van der Waals surface area contributed by atoms with Crippen molar-refractivity contribution in [3.8, 4) is 0 Å². The number of hydrogen-bond acceptors (Lipinski definition) is 1. The predicted molar refractivity (Wildman–Crippen MR) is 104 cm³/mol. The average molecular weight is 403 g/mol. The van der Waals surface area contributed by atoms with E-state index in [0.29, 0.717) is 26.3 Å². The summed E-state index contributed by atoms with van der Waals surface area (Å²) in [4.78, 5) is 11.4. The molecule has 0 saturated heterocycles. The van der Waals surface area contributed by atoms with Gasteiger partial charge in [0.2, 0.25) is 5.91 Å². The second-order valence-electron chi connectivity index (χ2n) is 5.52. The molecule has 1 amide bonds. The largest absolute Gasteiger partial charge is 0.326 e. The number of anilines is 1. The Morgan fingerprint density at radius 2 is 1.79 bits per heavy atom. The summed E-state index contributed by atoms with van der Waals surface area (Å²) in [7, 11) is 0. The molecule has 0 fully saturated rings. The molecule has 0 aliphatic rings. The van der Waals surface area contributed by atoms with Crippen LogP contribution < -0.4 is 5.32 Å². The van der Waals surface area contributed by atoms with Gasteiger partial charge in [0, 0.05) is 27.2 Å². The zero-order valence-electron chi connectivity index (χ0n) is 12.9. The molecule has 2 aromatic carbocycles. The van der Waals surface area contributed by atoms with Gasteiger partial charge in [-0.1, -0.05) is 47.5 Å². The molecule has 0 saturated carbocycles. The molecule has 1 unspecified atom stereocenters. The van der Waals surface area contributed by atoms with Crippen molar-refractivity contribution in [2.24, 2.45) is 0 Å². The van der Waals surface area contributed by atoms with E-state index < -0.39 is 4.87 Å². The van der Waals surface area contributed by atoms with Gasteiger partial charge in [0.1, 0.15) is 0 Å². The Morgan fingerprint density at radius 3 is 2.38 bits per heavy atom. The van der Waals surface area contributed by atoms with Gasteiger partial charge in [0.15, 0.2) is 0 Å². The van der Waals surface area contributed by atoms with Crippen molar-refractivity contribution >= 4 is 64.1 Å². The zero-order valence-corrected chi connectivity index (χ0v) is 15.9. The van der Waals surface area contributed by atoms with E-state index in [2.05, 4.69) is 11.9 Å². The Morgan fingerprint density at radius 1 is 1.17 bits per heavy atom. The highest BCUT2D eigenvalue weighted by Crippen LogP contribution is 2.36. The monoisotopic (exact) mass is 401 g/mol. The molecular formula is C18H15Cl4NO. The Hall–Kier alpha value is -1.19. The molecule has 0 spiro atoms. The summed E-state index contributed by atoms with van der Waals surface area (Å²) in [6, 6.07) is 10.2. The van der Waals surface area contributed by atoms with Crippen LogP contribution in [0.2, 0.25) is 15.1 Å². The van der Waals surface area contributed by atoms with Crippen LogP contribution in [0.15, 0.2) is 43.0 Å². The van der Waals surface area contributed by atoms with Crippen LogP contribution in [0.4, 0.5) is 5.69 Å². The SMILES string of the molecule is C=Cc1cc(NC(=O)CC(C)(Cl)c2cc(Cl)cc(Cl)c2)ccc1Cl. The Labute approximate surface area is 161 Å². The van der Waals surface area contributed by atoms with Crippen molar-refractivity contribution in [2.45, 2.75) is 18.2 Å². The minimum Gasteiger partial charge on any atom is -0.326 e. The third kappa shape index (κ3) is 4.90. The van der Waals surface area contributed by atoms with Crippen molar-refractivity contribution in [3.63, 3.8) is 0 Å². The second-order valence-corrected chi connectivity index (χ2v) is 7.64. The zero-order chi connectivity index (χ0) is 17.9. The lowest BCUT2D eigenvalue weighted by atomic mass is 9.96. The summed E-state index contributed by atoms with van der Waals surface area (Å²) in [6.07, 6.45) is 1.68. The number of nitrogens with one attached hydrogen (secondary N) is 1. The fourth-order valence-corrected chi connectivity index (χ4v) is 3.19. The minimum absolute atomic E-state index is 0.0529. The number of alkyl halides is 1. The summed E-state index contributed by atoms with van der Waals surface area (Å²) < 4.78 is 0. The van der Waals surface area contributed by atoms with Crippen molar-refractivity contribution < 1.29 is 4.79 Å². The first kappa shape index (κ1) is 19.1. The van der Waals surface area contributed by atoms with Crippen LogP contribution >= 0.6 is 46.4 Å². The highest BCUT2D eigenvalue weighted by molar-refractivity contribution is 6.35. The van der Waals surface area contributed by atoms with Gasteiger partial charge in [-0.3, -0.25) is 4.79 Å². The van der Waals surface area contributed by atoms with Crippen LogP contribution in [-0.2, 0) is 9.67 Å². The van der Waals surface area contributed by atoms with Gasteiger partial charge in [0.25, 0.3) is 0 Å². The van der Waals surface area contributed by atoms with Gasteiger partial charge in [-0.2, -0.15) is 0 Å². The number of carbonyl (C=O) groups excluding carboxylic acids is 1. The van der Waals surface area contributed by atoms with E-state index in [-0.39, 0.29) is 12.3 Å². The number of benzene rings is 2. The first-order valence-corrected chi connectivity index (χ1v) is 8.60. The van der Waals surface area contributed by atoms with Gasteiger partial charge in [-0.15, -0.1) is 11.6 Å². The van der Waals surface area contributed by atoms with E-state index in [1.54, 1.807) is 49.4 Å². The lowest BCUT2D eigenvalue weighted by Gasteiger charge is -2.22. The number of amides is 1. The van der Waals surface area contributed by atoms with Gasteiger partial charge >= 0.3 is 0 Å². The summed E-state index contributed by atoms with van der Waals surface area (Å²) >= 11 is 24.6. The maximum Gasteiger partial charge on any atom is 0.226 e. The van der Waals surface area contributed by atoms with E-state index in [1.165, 1.54) is 0 Å². The molecule has 0 aliphatic carbocycles. The lowest BCUT2D eigenvalue weighted by Crippen LogP contribution is -2.23. The fraction of sp³-hybridized carbons (Fsp3) is 0.167. The topological polar surface area (TPSA) is 29.1 Å². The number of halogens is 4. The summed E-state index contributed by atoms with van der Waals surface area (Å²) in [6.45, 7) is 5.43. The first-order chi connectivity index (χ1) is 11.2. The molecule has 0 aromatic heterocycles. The first-order valence-electron chi connectivity index (χ1n) is 7.08. The van der Waals surface area contributed by atoms with E-state index in [0.717, 1.165) is 5.56 Å². The standard InChI is InChI=1S/C18H15Cl4NO/c1-3-11-6-15(4-5-16(11)21)23-17(24)10-18(2,22)12-7-13(19)9-14(20)8-12/h3-9H,1,10H2,2H3,(H,23,24). The van der Waals surface area contributed by atoms with Crippen LogP contribution in [0.5, 0.6) is 0 Å². The van der Waals surface area contributed by atoms with Gasteiger partial charge in [-0.25, -0.2) is 0 Å². The lowest BCUT2D eigenvalue weighted by molar-refractivity contribution is -0.116. The van der Waals surface area contributed by atoms with Crippen LogP contribution in [0.25, 0.3) is 6.08 Å². The van der Waals surface area contributed by atoms with Gasteiger partial charge < -0.3 is 5.32 Å².